The smallest absolute Gasteiger partial charge is 0.371 e. The fraction of sp³-hybridized carbons (Fsp3) is 0.227. The molecule has 0 saturated heterocycles. The number of ether oxygens (including phenoxy) is 2. The number of carboxylic acids is 1. The van der Waals surface area contributed by atoms with Crippen molar-refractivity contribution in [1.82, 2.24) is 5.32 Å². The van der Waals surface area contributed by atoms with Gasteiger partial charge in [-0.2, -0.15) is 0 Å². The van der Waals surface area contributed by atoms with E-state index in [-0.39, 0.29) is 11.8 Å². The van der Waals surface area contributed by atoms with Crippen LogP contribution in [0.1, 0.15) is 34.6 Å². The van der Waals surface area contributed by atoms with Crippen LogP contribution in [0.5, 0.6) is 11.5 Å². The van der Waals surface area contributed by atoms with Crippen molar-refractivity contribution in [3.8, 4) is 22.8 Å². The number of benzene rings is 2. The summed E-state index contributed by atoms with van der Waals surface area (Å²) in [6, 6.07) is 16.9. The summed E-state index contributed by atoms with van der Waals surface area (Å²) >= 11 is 0. The van der Waals surface area contributed by atoms with E-state index in [0.717, 1.165) is 16.9 Å². The van der Waals surface area contributed by atoms with E-state index < -0.39 is 5.97 Å². The summed E-state index contributed by atoms with van der Waals surface area (Å²) in [5.41, 5.74) is 2.87. The molecule has 1 heterocycles. The first-order valence-corrected chi connectivity index (χ1v) is 8.89. The van der Waals surface area contributed by atoms with Crippen LogP contribution in [-0.4, -0.2) is 25.3 Å². The Kier molecular flexibility index (Phi) is 6.01. The molecule has 6 heteroatoms. The van der Waals surface area contributed by atoms with Gasteiger partial charge in [-0.05, 0) is 54.4 Å². The molecule has 1 atom stereocenters. The van der Waals surface area contributed by atoms with Crippen LogP contribution in [0.25, 0.3) is 11.3 Å². The largest absolute Gasteiger partial charge is 0.497 e. The summed E-state index contributed by atoms with van der Waals surface area (Å²) in [6.07, 6.45) is 0. The quantitative estimate of drug-likeness (QED) is 0.597. The Balaban J connectivity index is 1.78. The second-order valence-corrected chi connectivity index (χ2v) is 6.38. The van der Waals surface area contributed by atoms with Crippen LogP contribution in [0.4, 0.5) is 0 Å². The van der Waals surface area contributed by atoms with Gasteiger partial charge in [0.05, 0.1) is 19.8 Å². The molecule has 3 rings (SSSR count). The molecule has 3 aromatic rings. The standard InChI is InChI=1S/C22H23NO5/c1-14(16-5-4-6-17(12-16)26-2)23-13-15-7-8-19(27-3)18(11-15)20-9-10-21(28-20)22(24)25/h4-12,14,23H,13H2,1-3H3,(H,24,25)/t14-/m1/s1. The van der Waals surface area contributed by atoms with Gasteiger partial charge >= 0.3 is 5.97 Å². The molecule has 0 amide bonds. The monoisotopic (exact) mass is 381 g/mol. The van der Waals surface area contributed by atoms with Crippen LogP contribution in [0, 0.1) is 0 Å². The number of hydrogen-bond donors (Lipinski definition) is 2. The number of nitrogens with one attached hydrogen (secondary N) is 1. The summed E-state index contributed by atoms with van der Waals surface area (Å²) in [7, 11) is 3.23. The third-order valence-electron chi connectivity index (χ3n) is 4.55. The third-order valence-corrected chi connectivity index (χ3v) is 4.55. The molecular weight excluding hydrogens is 358 g/mol. The minimum atomic E-state index is -1.10. The number of carbonyl (C=O) groups is 1. The number of hydrogen-bond acceptors (Lipinski definition) is 5. The van der Waals surface area contributed by atoms with Gasteiger partial charge in [0.25, 0.3) is 0 Å². The lowest BCUT2D eigenvalue weighted by Crippen LogP contribution is -2.18. The first-order chi connectivity index (χ1) is 13.5. The van der Waals surface area contributed by atoms with Crippen molar-refractivity contribution in [1.29, 1.82) is 0 Å². The van der Waals surface area contributed by atoms with E-state index in [1.807, 2.05) is 36.4 Å². The maximum absolute atomic E-state index is 11.1. The molecule has 0 saturated carbocycles. The number of aromatic carboxylic acids is 1. The van der Waals surface area contributed by atoms with Crippen molar-refractivity contribution in [2.75, 3.05) is 14.2 Å². The molecule has 0 aliphatic rings. The Morgan fingerprint density at radius 2 is 1.93 bits per heavy atom. The van der Waals surface area contributed by atoms with Crippen LogP contribution < -0.4 is 14.8 Å². The van der Waals surface area contributed by atoms with Crippen LogP contribution in [-0.2, 0) is 6.54 Å². The molecule has 146 valence electrons. The minimum Gasteiger partial charge on any atom is -0.497 e. The normalized spacial score (nSPS) is 11.8. The topological polar surface area (TPSA) is 80.9 Å². The van der Waals surface area contributed by atoms with E-state index in [2.05, 4.69) is 18.3 Å². The predicted molar refractivity (Wildman–Crippen MR) is 106 cm³/mol. The zero-order chi connectivity index (χ0) is 20.1. The zero-order valence-electron chi connectivity index (χ0n) is 16.1. The van der Waals surface area contributed by atoms with Crippen molar-refractivity contribution in [2.24, 2.45) is 0 Å². The molecule has 2 aromatic carbocycles. The second kappa shape index (κ2) is 8.63. The van der Waals surface area contributed by atoms with Gasteiger partial charge in [0.15, 0.2) is 0 Å². The second-order valence-electron chi connectivity index (χ2n) is 6.38. The van der Waals surface area contributed by atoms with Gasteiger partial charge in [-0.1, -0.05) is 18.2 Å². The van der Waals surface area contributed by atoms with Crippen LogP contribution >= 0.6 is 0 Å². The van der Waals surface area contributed by atoms with E-state index in [1.54, 1.807) is 20.3 Å². The maximum Gasteiger partial charge on any atom is 0.371 e. The number of methoxy groups -OCH3 is 2. The van der Waals surface area contributed by atoms with E-state index in [9.17, 15) is 4.79 Å². The number of furan rings is 1. The highest BCUT2D eigenvalue weighted by Crippen LogP contribution is 2.32. The van der Waals surface area contributed by atoms with Gasteiger partial charge in [0, 0.05) is 12.6 Å². The summed E-state index contributed by atoms with van der Waals surface area (Å²) in [5, 5.41) is 12.6. The van der Waals surface area contributed by atoms with Gasteiger partial charge in [-0.25, -0.2) is 4.79 Å². The molecule has 1 aromatic heterocycles. The van der Waals surface area contributed by atoms with Crippen LogP contribution in [0.2, 0.25) is 0 Å². The molecule has 0 spiro atoms. The molecule has 6 nitrogen and oxygen atoms in total. The highest BCUT2D eigenvalue weighted by molar-refractivity contribution is 5.85. The van der Waals surface area contributed by atoms with E-state index in [1.165, 1.54) is 6.07 Å². The fourth-order valence-electron chi connectivity index (χ4n) is 2.95. The van der Waals surface area contributed by atoms with Crippen LogP contribution in [0.3, 0.4) is 0 Å². The molecular formula is C22H23NO5. The van der Waals surface area contributed by atoms with E-state index >= 15 is 0 Å². The van der Waals surface area contributed by atoms with Gasteiger partial charge in [-0.15, -0.1) is 0 Å². The Hall–Kier alpha value is -3.25. The number of rotatable bonds is 8. The van der Waals surface area contributed by atoms with E-state index in [0.29, 0.717) is 23.6 Å². The third kappa shape index (κ3) is 4.35. The molecule has 28 heavy (non-hydrogen) atoms. The highest BCUT2D eigenvalue weighted by Gasteiger charge is 2.15. The van der Waals surface area contributed by atoms with Crippen molar-refractivity contribution >= 4 is 5.97 Å². The Morgan fingerprint density at radius 3 is 2.61 bits per heavy atom. The average molecular weight is 381 g/mol. The summed E-state index contributed by atoms with van der Waals surface area (Å²) in [5.74, 6) is 0.695. The van der Waals surface area contributed by atoms with Gasteiger partial charge in [0.2, 0.25) is 5.76 Å². The lowest BCUT2D eigenvalue weighted by molar-refractivity contribution is 0.0663. The fourth-order valence-corrected chi connectivity index (χ4v) is 2.95. The SMILES string of the molecule is COc1cccc([C@@H](C)NCc2ccc(OC)c(-c3ccc(C(=O)O)o3)c2)c1. The molecule has 0 aliphatic carbocycles. The van der Waals surface area contributed by atoms with E-state index in [4.69, 9.17) is 19.0 Å². The molecule has 0 bridgehead atoms. The van der Waals surface area contributed by atoms with Gasteiger partial charge in [-0.3, -0.25) is 0 Å². The zero-order valence-corrected chi connectivity index (χ0v) is 16.1. The van der Waals surface area contributed by atoms with Gasteiger partial charge < -0.3 is 24.3 Å². The minimum absolute atomic E-state index is 0.104. The Bertz CT molecular complexity index is 963. The Morgan fingerprint density at radius 1 is 1.11 bits per heavy atom. The first-order valence-electron chi connectivity index (χ1n) is 8.89. The molecule has 0 aliphatic heterocycles. The maximum atomic E-state index is 11.1. The summed E-state index contributed by atoms with van der Waals surface area (Å²) in [6.45, 7) is 2.72. The van der Waals surface area contributed by atoms with Gasteiger partial charge in [0.1, 0.15) is 17.3 Å². The summed E-state index contributed by atoms with van der Waals surface area (Å²) in [4.78, 5) is 11.1. The highest BCUT2D eigenvalue weighted by atomic mass is 16.5. The molecule has 0 radical (unpaired) electrons. The molecule has 0 fully saturated rings. The lowest BCUT2D eigenvalue weighted by Gasteiger charge is -2.16. The van der Waals surface area contributed by atoms with Crippen molar-refractivity contribution in [2.45, 2.75) is 19.5 Å². The van der Waals surface area contributed by atoms with Crippen molar-refractivity contribution in [3.63, 3.8) is 0 Å². The van der Waals surface area contributed by atoms with Crippen LogP contribution in [0.15, 0.2) is 59.0 Å². The predicted octanol–water partition coefficient (Wildman–Crippen LogP) is 4.51. The first kappa shape index (κ1) is 19.5. The Labute approximate surface area is 163 Å². The molecule has 0 unspecified atom stereocenters. The summed E-state index contributed by atoms with van der Waals surface area (Å²) < 4.78 is 16.1. The number of carboxylic acid groups (broad SMARTS) is 1. The average Bonchev–Trinajstić information content (AvgIpc) is 3.22. The molecule has 2 N–H and O–H groups in total. The lowest BCUT2D eigenvalue weighted by atomic mass is 10.1. The van der Waals surface area contributed by atoms with Crippen molar-refractivity contribution in [3.05, 3.63) is 71.5 Å². The van der Waals surface area contributed by atoms with Crippen molar-refractivity contribution < 1.29 is 23.8 Å².